The zero-order valence-corrected chi connectivity index (χ0v) is 11.5. The number of halogens is 1. The van der Waals surface area contributed by atoms with Gasteiger partial charge in [-0.1, -0.05) is 11.6 Å². The number of nitrogens with one attached hydrogen (secondary N) is 1. The Morgan fingerprint density at radius 1 is 1.19 bits per heavy atom. The minimum atomic E-state index is -0.243. The Morgan fingerprint density at radius 2 is 2.00 bits per heavy atom. The molecule has 1 amide bonds. The van der Waals surface area contributed by atoms with Gasteiger partial charge in [0, 0.05) is 17.4 Å². The van der Waals surface area contributed by atoms with Crippen molar-refractivity contribution in [1.29, 1.82) is 0 Å². The number of rotatable bonds is 3. The smallest absolute Gasteiger partial charge is 0.255 e. The van der Waals surface area contributed by atoms with Crippen LogP contribution in [0.1, 0.15) is 10.4 Å². The lowest BCUT2D eigenvalue weighted by molar-refractivity contribution is 0.102. The van der Waals surface area contributed by atoms with E-state index in [-0.39, 0.29) is 11.1 Å². The summed E-state index contributed by atoms with van der Waals surface area (Å²) in [4.78, 5) is 19.8. The lowest BCUT2D eigenvalue weighted by atomic mass is 10.2. The van der Waals surface area contributed by atoms with E-state index in [1.54, 1.807) is 29.2 Å². The first-order valence-corrected chi connectivity index (χ1v) is 6.48. The van der Waals surface area contributed by atoms with E-state index in [2.05, 4.69) is 20.4 Å². The first-order chi connectivity index (χ1) is 10.2. The molecule has 3 rings (SSSR count). The predicted molar refractivity (Wildman–Crippen MR) is 78.6 cm³/mol. The van der Waals surface area contributed by atoms with Gasteiger partial charge in [0.1, 0.15) is 17.8 Å². The van der Waals surface area contributed by atoms with Gasteiger partial charge < -0.3 is 5.32 Å². The minimum Gasteiger partial charge on any atom is -0.322 e. The van der Waals surface area contributed by atoms with Gasteiger partial charge in [-0.25, -0.2) is 14.6 Å². The molecule has 0 saturated heterocycles. The highest BCUT2D eigenvalue weighted by Gasteiger charge is 2.07. The van der Waals surface area contributed by atoms with E-state index in [4.69, 9.17) is 11.6 Å². The van der Waals surface area contributed by atoms with Gasteiger partial charge in [0.2, 0.25) is 0 Å². The van der Waals surface area contributed by atoms with Gasteiger partial charge >= 0.3 is 0 Å². The molecule has 1 aromatic carbocycles. The molecular weight excluding hydrogens is 290 g/mol. The fourth-order valence-electron chi connectivity index (χ4n) is 1.79. The molecule has 6 nitrogen and oxygen atoms in total. The molecule has 0 spiro atoms. The van der Waals surface area contributed by atoms with E-state index < -0.39 is 0 Å². The van der Waals surface area contributed by atoms with Crippen LogP contribution in [0.25, 0.3) is 5.69 Å². The molecular formula is C14H10ClN5O. The Morgan fingerprint density at radius 3 is 2.67 bits per heavy atom. The van der Waals surface area contributed by atoms with Crippen LogP contribution in [0.5, 0.6) is 0 Å². The second-order valence-corrected chi connectivity index (χ2v) is 4.60. The summed E-state index contributed by atoms with van der Waals surface area (Å²) in [6.45, 7) is 0. The van der Waals surface area contributed by atoms with E-state index in [0.29, 0.717) is 11.3 Å². The van der Waals surface area contributed by atoms with E-state index >= 15 is 0 Å². The largest absolute Gasteiger partial charge is 0.322 e. The number of hydrogen-bond acceptors (Lipinski definition) is 4. The lowest BCUT2D eigenvalue weighted by Crippen LogP contribution is -2.12. The molecule has 21 heavy (non-hydrogen) atoms. The summed E-state index contributed by atoms with van der Waals surface area (Å²) in [6.07, 6.45) is 4.56. The summed E-state index contributed by atoms with van der Waals surface area (Å²) in [5.74, 6) is -0.243. The highest BCUT2D eigenvalue weighted by Crippen LogP contribution is 2.14. The summed E-state index contributed by atoms with van der Waals surface area (Å²) >= 11 is 5.76. The maximum Gasteiger partial charge on any atom is 0.255 e. The van der Waals surface area contributed by atoms with E-state index in [9.17, 15) is 4.79 Å². The molecule has 0 atom stereocenters. The lowest BCUT2D eigenvalue weighted by Gasteiger charge is -2.06. The average Bonchev–Trinajstić information content (AvgIpc) is 3.02. The van der Waals surface area contributed by atoms with Crippen molar-refractivity contribution in [2.24, 2.45) is 0 Å². The van der Waals surface area contributed by atoms with Crippen LogP contribution in [0, 0.1) is 0 Å². The Balaban J connectivity index is 1.75. The third-order valence-corrected chi connectivity index (χ3v) is 3.00. The molecule has 3 aromatic rings. The molecule has 0 saturated carbocycles. The van der Waals surface area contributed by atoms with Crippen molar-refractivity contribution in [3.63, 3.8) is 0 Å². The Bertz CT molecular complexity index is 755. The van der Waals surface area contributed by atoms with Gasteiger partial charge in [0.15, 0.2) is 0 Å². The standard InChI is InChI=1S/C14H10ClN5O/c15-13-7-10(5-6-17-13)14(21)19-11-1-3-12(4-2-11)20-9-16-8-18-20/h1-9H,(H,19,21). The summed E-state index contributed by atoms with van der Waals surface area (Å²) in [5, 5.41) is 7.10. The van der Waals surface area contributed by atoms with Crippen molar-refractivity contribution >= 4 is 23.2 Å². The topological polar surface area (TPSA) is 72.7 Å². The fourth-order valence-corrected chi connectivity index (χ4v) is 1.96. The SMILES string of the molecule is O=C(Nc1ccc(-n2cncn2)cc1)c1ccnc(Cl)c1. The molecule has 0 unspecified atom stereocenters. The van der Waals surface area contributed by atoms with Crippen LogP contribution in [-0.2, 0) is 0 Å². The van der Waals surface area contributed by atoms with Crippen molar-refractivity contribution < 1.29 is 4.79 Å². The maximum absolute atomic E-state index is 12.1. The number of nitrogens with zero attached hydrogens (tertiary/aromatic N) is 4. The first kappa shape index (κ1) is 13.3. The maximum atomic E-state index is 12.1. The highest BCUT2D eigenvalue weighted by molar-refractivity contribution is 6.29. The van der Waals surface area contributed by atoms with Crippen LogP contribution in [-0.4, -0.2) is 25.7 Å². The van der Waals surface area contributed by atoms with Crippen molar-refractivity contribution in [1.82, 2.24) is 19.7 Å². The third-order valence-electron chi connectivity index (χ3n) is 2.80. The van der Waals surface area contributed by atoms with Crippen LogP contribution in [0.2, 0.25) is 5.15 Å². The van der Waals surface area contributed by atoms with Crippen molar-refractivity contribution in [3.05, 3.63) is 66.0 Å². The zero-order chi connectivity index (χ0) is 14.7. The van der Waals surface area contributed by atoms with Crippen LogP contribution in [0.4, 0.5) is 5.69 Å². The van der Waals surface area contributed by atoms with Gasteiger partial charge in [0.05, 0.1) is 5.69 Å². The quantitative estimate of drug-likeness (QED) is 0.754. The van der Waals surface area contributed by atoms with Crippen molar-refractivity contribution in [2.45, 2.75) is 0 Å². The molecule has 104 valence electrons. The van der Waals surface area contributed by atoms with Crippen LogP contribution in [0.3, 0.4) is 0 Å². The zero-order valence-electron chi connectivity index (χ0n) is 10.8. The summed E-state index contributed by atoms with van der Waals surface area (Å²) in [7, 11) is 0. The van der Waals surface area contributed by atoms with Crippen molar-refractivity contribution in [3.8, 4) is 5.69 Å². The number of amides is 1. The number of benzene rings is 1. The Hall–Kier alpha value is -2.73. The number of hydrogen-bond donors (Lipinski definition) is 1. The second-order valence-electron chi connectivity index (χ2n) is 4.21. The van der Waals surface area contributed by atoms with Crippen LogP contribution in [0.15, 0.2) is 55.2 Å². The van der Waals surface area contributed by atoms with Crippen molar-refractivity contribution in [2.75, 3.05) is 5.32 Å². The minimum absolute atomic E-state index is 0.243. The molecule has 0 aliphatic heterocycles. The third kappa shape index (κ3) is 3.06. The number of pyridine rings is 1. The average molecular weight is 300 g/mol. The van der Waals surface area contributed by atoms with Gasteiger partial charge in [-0.15, -0.1) is 0 Å². The van der Waals surface area contributed by atoms with Crippen LogP contribution < -0.4 is 5.32 Å². The Labute approximate surface area is 125 Å². The summed E-state index contributed by atoms with van der Waals surface area (Å²) < 4.78 is 1.63. The normalized spacial score (nSPS) is 10.3. The number of carbonyl (C=O) groups is 1. The monoisotopic (exact) mass is 299 g/mol. The predicted octanol–water partition coefficient (Wildman–Crippen LogP) is 2.57. The number of aromatic nitrogens is 4. The van der Waals surface area contributed by atoms with E-state index in [1.165, 1.54) is 18.6 Å². The molecule has 0 fully saturated rings. The number of anilines is 1. The second kappa shape index (κ2) is 5.72. The number of carbonyl (C=O) groups excluding carboxylic acids is 1. The van der Waals surface area contributed by atoms with Gasteiger partial charge in [-0.3, -0.25) is 4.79 Å². The van der Waals surface area contributed by atoms with Gasteiger partial charge in [-0.2, -0.15) is 5.10 Å². The molecule has 0 aliphatic carbocycles. The summed E-state index contributed by atoms with van der Waals surface area (Å²) in [5.41, 5.74) is 1.99. The van der Waals surface area contributed by atoms with Crippen LogP contribution >= 0.6 is 11.6 Å². The molecule has 7 heteroatoms. The van der Waals surface area contributed by atoms with Gasteiger partial charge in [0.25, 0.3) is 5.91 Å². The molecule has 0 aliphatic rings. The Kier molecular flexibility index (Phi) is 3.61. The molecule has 0 radical (unpaired) electrons. The molecule has 2 aromatic heterocycles. The molecule has 1 N–H and O–H groups in total. The fraction of sp³-hybridized carbons (Fsp3) is 0. The van der Waals surface area contributed by atoms with E-state index in [0.717, 1.165) is 5.69 Å². The molecule has 2 heterocycles. The van der Waals surface area contributed by atoms with Gasteiger partial charge in [-0.05, 0) is 36.4 Å². The molecule has 0 bridgehead atoms. The highest BCUT2D eigenvalue weighted by atomic mass is 35.5. The van der Waals surface area contributed by atoms with E-state index in [1.807, 2.05) is 12.1 Å². The first-order valence-electron chi connectivity index (χ1n) is 6.10. The summed E-state index contributed by atoms with van der Waals surface area (Å²) in [6, 6.07) is 10.4.